The van der Waals surface area contributed by atoms with Crippen molar-refractivity contribution in [1.82, 2.24) is 15.1 Å². The largest absolute Gasteiger partial charge is 0.480 e. The van der Waals surface area contributed by atoms with E-state index >= 15 is 0 Å². The summed E-state index contributed by atoms with van der Waals surface area (Å²) in [6, 6.07) is -0.352. The van der Waals surface area contributed by atoms with Crippen molar-refractivity contribution in [3.8, 4) is 0 Å². The predicted molar refractivity (Wildman–Crippen MR) is 61.5 cm³/mol. The molecule has 0 heterocycles. The Balaban J connectivity index is 3.76. The van der Waals surface area contributed by atoms with E-state index in [9.17, 15) is 9.59 Å². The highest BCUT2D eigenvalue weighted by molar-refractivity contribution is 5.79. The highest BCUT2D eigenvalue weighted by Gasteiger charge is 2.11. The molecule has 0 fully saturated rings. The summed E-state index contributed by atoms with van der Waals surface area (Å²) in [5, 5.41) is 11.2. The fourth-order valence-electron chi connectivity index (χ4n) is 1.27. The monoisotopic (exact) mass is 231 g/mol. The first-order valence-corrected chi connectivity index (χ1v) is 5.44. The maximum atomic E-state index is 11.4. The Bertz CT molecular complexity index is 229. The van der Waals surface area contributed by atoms with Crippen molar-refractivity contribution in [2.45, 2.75) is 13.8 Å². The first-order valence-electron chi connectivity index (χ1n) is 5.44. The number of urea groups is 1. The Labute approximate surface area is 96.2 Å². The lowest BCUT2D eigenvalue weighted by atomic mass is 10.4. The summed E-state index contributed by atoms with van der Waals surface area (Å²) in [6.45, 7) is 7.03. The van der Waals surface area contributed by atoms with Gasteiger partial charge >= 0.3 is 12.0 Å². The summed E-state index contributed by atoms with van der Waals surface area (Å²) in [7, 11) is 1.46. The quantitative estimate of drug-likeness (QED) is 0.649. The third kappa shape index (κ3) is 6.23. The number of carbonyl (C=O) groups excluding carboxylic acids is 1. The average Bonchev–Trinajstić information content (AvgIpc) is 2.23. The number of rotatable bonds is 7. The molecule has 6 heteroatoms. The molecule has 0 saturated heterocycles. The molecular weight excluding hydrogens is 210 g/mol. The molecule has 0 rings (SSSR count). The van der Waals surface area contributed by atoms with Crippen LogP contribution in [0.1, 0.15) is 13.8 Å². The van der Waals surface area contributed by atoms with Gasteiger partial charge in [-0.15, -0.1) is 0 Å². The minimum absolute atomic E-state index is 0.281. The number of likely N-dealkylation sites (N-methyl/N-ethyl adjacent to an activating group) is 2. The van der Waals surface area contributed by atoms with Crippen LogP contribution >= 0.6 is 0 Å². The molecule has 0 aromatic heterocycles. The van der Waals surface area contributed by atoms with Crippen LogP contribution in [0, 0.1) is 0 Å². The number of nitrogens with zero attached hydrogens (tertiary/aromatic N) is 2. The van der Waals surface area contributed by atoms with E-state index in [1.165, 1.54) is 7.05 Å². The number of nitrogens with one attached hydrogen (secondary N) is 1. The number of hydrogen-bond acceptors (Lipinski definition) is 3. The molecule has 0 aromatic carbocycles. The van der Waals surface area contributed by atoms with Crippen LogP contribution in [0.15, 0.2) is 0 Å². The van der Waals surface area contributed by atoms with E-state index in [0.29, 0.717) is 6.54 Å². The number of aliphatic carboxylic acids is 1. The number of carboxylic acid groups (broad SMARTS) is 1. The lowest BCUT2D eigenvalue weighted by Gasteiger charge is -2.20. The summed E-state index contributed by atoms with van der Waals surface area (Å²) < 4.78 is 0. The van der Waals surface area contributed by atoms with Gasteiger partial charge in [0.15, 0.2) is 0 Å². The van der Waals surface area contributed by atoms with Gasteiger partial charge in [0.05, 0.1) is 0 Å². The summed E-state index contributed by atoms with van der Waals surface area (Å²) in [5.74, 6) is -1.01. The van der Waals surface area contributed by atoms with Gasteiger partial charge < -0.3 is 20.2 Å². The SMILES string of the molecule is CCN(CC)CCNC(=O)N(C)CC(=O)O. The van der Waals surface area contributed by atoms with Crippen LogP contribution in [0.5, 0.6) is 0 Å². The molecule has 0 saturated carbocycles. The van der Waals surface area contributed by atoms with Gasteiger partial charge in [0.2, 0.25) is 0 Å². The number of carboxylic acids is 1. The van der Waals surface area contributed by atoms with E-state index in [4.69, 9.17) is 5.11 Å². The Hall–Kier alpha value is -1.30. The molecule has 0 aliphatic rings. The fourth-order valence-corrected chi connectivity index (χ4v) is 1.27. The van der Waals surface area contributed by atoms with E-state index in [-0.39, 0.29) is 12.6 Å². The maximum Gasteiger partial charge on any atom is 0.323 e. The Kier molecular flexibility index (Phi) is 7.28. The van der Waals surface area contributed by atoms with Crippen molar-refractivity contribution in [2.75, 3.05) is 39.8 Å². The van der Waals surface area contributed by atoms with Gasteiger partial charge in [0.25, 0.3) is 0 Å². The molecular formula is C10H21N3O3. The van der Waals surface area contributed by atoms with Crippen LogP contribution in [-0.4, -0.2) is 66.7 Å². The second kappa shape index (κ2) is 7.92. The first kappa shape index (κ1) is 14.7. The minimum Gasteiger partial charge on any atom is -0.480 e. The molecule has 0 aliphatic carbocycles. The van der Waals surface area contributed by atoms with E-state index in [1.54, 1.807) is 0 Å². The highest BCUT2D eigenvalue weighted by atomic mass is 16.4. The van der Waals surface area contributed by atoms with Crippen molar-refractivity contribution >= 4 is 12.0 Å². The first-order chi connectivity index (χ1) is 7.51. The van der Waals surface area contributed by atoms with E-state index in [0.717, 1.165) is 24.5 Å². The second-order valence-electron chi connectivity index (χ2n) is 3.51. The normalized spacial score (nSPS) is 10.2. The van der Waals surface area contributed by atoms with Gasteiger partial charge in [-0.2, -0.15) is 0 Å². The summed E-state index contributed by atoms with van der Waals surface area (Å²) in [6.07, 6.45) is 0. The Morgan fingerprint density at radius 3 is 2.25 bits per heavy atom. The smallest absolute Gasteiger partial charge is 0.323 e. The zero-order valence-electron chi connectivity index (χ0n) is 10.2. The summed E-state index contributed by atoms with van der Waals surface area (Å²) in [4.78, 5) is 25.1. The van der Waals surface area contributed by atoms with Gasteiger partial charge in [-0.3, -0.25) is 4.79 Å². The van der Waals surface area contributed by atoms with E-state index in [1.807, 2.05) is 0 Å². The molecule has 2 N–H and O–H groups in total. The predicted octanol–water partition coefficient (Wildman–Crippen LogP) is 0.0542. The average molecular weight is 231 g/mol. The van der Waals surface area contributed by atoms with Crippen molar-refractivity contribution in [3.63, 3.8) is 0 Å². The molecule has 6 nitrogen and oxygen atoms in total. The van der Waals surface area contributed by atoms with Crippen LogP contribution in [0.4, 0.5) is 4.79 Å². The van der Waals surface area contributed by atoms with E-state index < -0.39 is 5.97 Å². The van der Waals surface area contributed by atoms with Crippen molar-refractivity contribution in [1.29, 1.82) is 0 Å². The molecule has 2 amide bonds. The molecule has 16 heavy (non-hydrogen) atoms. The molecule has 0 unspecified atom stereocenters. The lowest BCUT2D eigenvalue weighted by molar-refractivity contribution is -0.137. The second-order valence-corrected chi connectivity index (χ2v) is 3.51. The van der Waals surface area contributed by atoms with E-state index in [2.05, 4.69) is 24.1 Å². The fraction of sp³-hybridized carbons (Fsp3) is 0.800. The third-order valence-electron chi connectivity index (χ3n) is 2.32. The van der Waals surface area contributed by atoms with Crippen LogP contribution in [0.2, 0.25) is 0 Å². The molecule has 94 valence electrons. The molecule has 0 bridgehead atoms. The standard InChI is InChI=1S/C10H21N3O3/c1-4-13(5-2)7-6-11-10(16)12(3)8-9(14)15/h4-8H2,1-3H3,(H,11,16)(H,14,15). The third-order valence-corrected chi connectivity index (χ3v) is 2.32. The molecule has 0 aromatic rings. The minimum atomic E-state index is -1.01. The van der Waals surface area contributed by atoms with Crippen LogP contribution in [0.25, 0.3) is 0 Å². The zero-order chi connectivity index (χ0) is 12.6. The van der Waals surface area contributed by atoms with Gasteiger partial charge in [0.1, 0.15) is 6.54 Å². The maximum absolute atomic E-state index is 11.4. The van der Waals surface area contributed by atoms with Crippen LogP contribution in [0.3, 0.4) is 0 Å². The van der Waals surface area contributed by atoms with Crippen LogP contribution in [-0.2, 0) is 4.79 Å². The lowest BCUT2D eigenvalue weighted by Crippen LogP contribution is -2.43. The number of carbonyl (C=O) groups is 2. The van der Waals surface area contributed by atoms with Gasteiger partial charge in [0, 0.05) is 20.1 Å². The molecule has 0 aliphatic heterocycles. The summed E-state index contributed by atoms with van der Waals surface area (Å²) in [5.41, 5.74) is 0. The molecule has 0 radical (unpaired) electrons. The molecule has 0 atom stereocenters. The van der Waals surface area contributed by atoms with Crippen LogP contribution < -0.4 is 5.32 Å². The van der Waals surface area contributed by atoms with Crippen molar-refractivity contribution in [2.24, 2.45) is 0 Å². The topological polar surface area (TPSA) is 72.9 Å². The van der Waals surface area contributed by atoms with Gasteiger partial charge in [-0.25, -0.2) is 4.79 Å². The van der Waals surface area contributed by atoms with Gasteiger partial charge in [-0.05, 0) is 13.1 Å². The number of amides is 2. The Morgan fingerprint density at radius 1 is 1.25 bits per heavy atom. The zero-order valence-corrected chi connectivity index (χ0v) is 10.2. The molecule has 0 spiro atoms. The number of hydrogen-bond donors (Lipinski definition) is 2. The van der Waals surface area contributed by atoms with Crippen molar-refractivity contribution < 1.29 is 14.7 Å². The Morgan fingerprint density at radius 2 is 1.81 bits per heavy atom. The highest BCUT2D eigenvalue weighted by Crippen LogP contribution is 1.87. The van der Waals surface area contributed by atoms with Crippen molar-refractivity contribution in [3.05, 3.63) is 0 Å². The summed E-state index contributed by atoms with van der Waals surface area (Å²) >= 11 is 0. The van der Waals surface area contributed by atoms with Gasteiger partial charge in [-0.1, -0.05) is 13.8 Å².